The van der Waals surface area contributed by atoms with Crippen molar-refractivity contribution >= 4 is 17.3 Å². The number of carbonyl (C=O) groups excluding carboxylic acids is 1. The van der Waals surface area contributed by atoms with E-state index in [-0.39, 0.29) is 0 Å². The van der Waals surface area contributed by atoms with Gasteiger partial charge in [-0.15, -0.1) is 0 Å². The first kappa shape index (κ1) is 22.7. The van der Waals surface area contributed by atoms with Gasteiger partial charge in [-0.25, -0.2) is 4.79 Å². The Labute approximate surface area is 188 Å². The number of hydrogen-bond acceptors (Lipinski definition) is 6. The molecule has 3 aromatic rings. The normalized spacial score (nSPS) is 10.6. The summed E-state index contributed by atoms with van der Waals surface area (Å²) in [5.41, 5.74) is 2.14. The van der Waals surface area contributed by atoms with Gasteiger partial charge in [0.15, 0.2) is 0 Å². The smallest absolute Gasteiger partial charge is 0.343 e. The molecule has 32 heavy (non-hydrogen) atoms. The van der Waals surface area contributed by atoms with Crippen LogP contribution in [0.1, 0.15) is 48.5 Å². The molecule has 0 N–H and O–H groups in total. The van der Waals surface area contributed by atoms with Crippen LogP contribution in [0.25, 0.3) is 0 Å². The number of rotatable bonds is 10. The van der Waals surface area contributed by atoms with E-state index in [2.05, 4.69) is 17.2 Å². The average Bonchev–Trinajstić information content (AvgIpc) is 2.84. The highest BCUT2D eigenvalue weighted by Gasteiger charge is 2.09. The Morgan fingerprint density at radius 3 is 2.22 bits per heavy atom. The van der Waals surface area contributed by atoms with E-state index < -0.39 is 5.97 Å². The van der Waals surface area contributed by atoms with Crippen molar-refractivity contribution in [1.29, 1.82) is 5.26 Å². The molecule has 0 bridgehead atoms. The second-order valence-electron chi connectivity index (χ2n) is 7.18. The largest absolute Gasteiger partial charge is 0.494 e. The van der Waals surface area contributed by atoms with Crippen molar-refractivity contribution in [1.82, 2.24) is 0 Å². The van der Waals surface area contributed by atoms with Crippen LogP contribution in [0, 0.1) is 11.3 Å². The maximum absolute atomic E-state index is 12.3. The summed E-state index contributed by atoms with van der Waals surface area (Å²) in [6, 6.07) is 22.6. The van der Waals surface area contributed by atoms with Gasteiger partial charge in [0.2, 0.25) is 0 Å². The Balaban J connectivity index is 1.52. The molecule has 6 nitrogen and oxygen atoms in total. The van der Waals surface area contributed by atoms with Crippen LogP contribution in [0.2, 0.25) is 0 Å². The van der Waals surface area contributed by atoms with E-state index in [9.17, 15) is 4.79 Å². The van der Waals surface area contributed by atoms with E-state index in [4.69, 9.17) is 14.7 Å². The minimum atomic E-state index is -0.506. The lowest BCUT2D eigenvalue weighted by Gasteiger charge is -2.05. The number of nitriles is 1. The third-order valence-corrected chi connectivity index (χ3v) is 4.66. The minimum absolute atomic E-state index is 0.325. The Morgan fingerprint density at radius 1 is 0.875 bits per heavy atom. The van der Waals surface area contributed by atoms with Gasteiger partial charge >= 0.3 is 5.97 Å². The summed E-state index contributed by atoms with van der Waals surface area (Å²) in [4.78, 5) is 12.3. The predicted molar refractivity (Wildman–Crippen MR) is 123 cm³/mol. The molecule has 0 aliphatic heterocycles. The molecule has 0 amide bonds. The lowest BCUT2D eigenvalue weighted by atomic mass is 10.2. The second kappa shape index (κ2) is 12.0. The number of nitrogens with zero attached hydrogens (tertiary/aromatic N) is 3. The van der Waals surface area contributed by atoms with Crippen LogP contribution in [0.4, 0.5) is 11.4 Å². The van der Waals surface area contributed by atoms with Gasteiger partial charge in [-0.3, -0.25) is 0 Å². The molecular weight excluding hydrogens is 402 g/mol. The Bertz CT molecular complexity index is 1080. The summed E-state index contributed by atoms with van der Waals surface area (Å²) in [6.45, 7) is 2.91. The fourth-order valence-electron chi connectivity index (χ4n) is 2.90. The maximum Gasteiger partial charge on any atom is 0.343 e. The molecule has 0 aliphatic rings. The summed E-state index contributed by atoms with van der Waals surface area (Å²) in [5, 5.41) is 17.4. The van der Waals surface area contributed by atoms with Gasteiger partial charge < -0.3 is 9.47 Å². The van der Waals surface area contributed by atoms with E-state index in [1.807, 2.05) is 30.3 Å². The van der Waals surface area contributed by atoms with Crippen LogP contribution in [0.15, 0.2) is 83.0 Å². The molecule has 0 unspecified atom stereocenters. The monoisotopic (exact) mass is 427 g/mol. The summed E-state index contributed by atoms with van der Waals surface area (Å²) >= 11 is 0. The molecular formula is C26H25N3O3. The SMILES string of the molecule is CCCCCCOc1ccc(N=Nc2ccc(C(=O)Oc3cccc(C#N)c3)cc2)cc1. The van der Waals surface area contributed by atoms with Gasteiger partial charge in [0.1, 0.15) is 11.5 Å². The van der Waals surface area contributed by atoms with Gasteiger partial charge in [0.25, 0.3) is 0 Å². The molecule has 6 heteroatoms. The molecule has 162 valence electrons. The number of benzene rings is 3. The molecule has 0 atom stereocenters. The summed E-state index contributed by atoms with van der Waals surface area (Å²) < 4.78 is 11.0. The van der Waals surface area contributed by atoms with E-state index in [1.54, 1.807) is 42.5 Å². The van der Waals surface area contributed by atoms with Crippen molar-refractivity contribution in [3.05, 3.63) is 83.9 Å². The molecule has 0 aliphatic carbocycles. The highest BCUT2D eigenvalue weighted by molar-refractivity contribution is 5.91. The van der Waals surface area contributed by atoms with Crippen LogP contribution < -0.4 is 9.47 Å². The molecule has 0 spiro atoms. The van der Waals surface area contributed by atoms with E-state index in [0.717, 1.165) is 18.8 Å². The molecule has 0 saturated heterocycles. The average molecular weight is 428 g/mol. The Kier molecular flexibility index (Phi) is 8.52. The summed E-state index contributed by atoms with van der Waals surface area (Å²) in [6.07, 6.45) is 4.70. The first-order valence-electron chi connectivity index (χ1n) is 10.6. The number of hydrogen-bond donors (Lipinski definition) is 0. The highest BCUT2D eigenvalue weighted by atomic mass is 16.5. The van der Waals surface area contributed by atoms with Crippen LogP contribution >= 0.6 is 0 Å². The number of azo groups is 1. The van der Waals surface area contributed by atoms with Gasteiger partial charge in [0.05, 0.1) is 35.2 Å². The second-order valence-corrected chi connectivity index (χ2v) is 7.18. The van der Waals surface area contributed by atoms with E-state index >= 15 is 0 Å². The zero-order valence-corrected chi connectivity index (χ0v) is 18.0. The zero-order chi connectivity index (χ0) is 22.6. The predicted octanol–water partition coefficient (Wildman–Crippen LogP) is 7.15. The molecule has 0 heterocycles. The third-order valence-electron chi connectivity index (χ3n) is 4.66. The van der Waals surface area contributed by atoms with E-state index in [0.29, 0.717) is 28.3 Å². The number of esters is 1. The first-order chi connectivity index (χ1) is 15.7. The van der Waals surface area contributed by atoms with Crippen LogP contribution in [0.5, 0.6) is 11.5 Å². The van der Waals surface area contributed by atoms with Crippen molar-refractivity contribution in [2.45, 2.75) is 32.6 Å². The fourth-order valence-corrected chi connectivity index (χ4v) is 2.90. The fraction of sp³-hybridized carbons (Fsp3) is 0.231. The van der Waals surface area contributed by atoms with Crippen molar-refractivity contribution in [3.8, 4) is 17.6 Å². The van der Waals surface area contributed by atoms with Gasteiger partial charge in [-0.1, -0.05) is 32.3 Å². The number of ether oxygens (including phenoxy) is 2. The lowest BCUT2D eigenvalue weighted by Crippen LogP contribution is -2.08. The molecule has 0 aromatic heterocycles. The standard InChI is InChI=1S/C26H25N3O3/c1-2-3-4-5-17-31-24-15-13-23(14-16-24)29-28-22-11-9-21(10-12-22)26(30)32-25-8-6-7-20(18-25)19-27/h6-16,18H,2-5,17H2,1H3. The first-order valence-corrected chi connectivity index (χ1v) is 10.6. The van der Waals surface area contributed by atoms with Crippen LogP contribution in [0.3, 0.4) is 0 Å². The maximum atomic E-state index is 12.3. The molecule has 3 rings (SSSR count). The van der Waals surface area contributed by atoms with E-state index in [1.165, 1.54) is 25.3 Å². The van der Waals surface area contributed by atoms with Crippen molar-refractivity contribution in [2.24, 2.45) is 10.2 Å². The zero-order valence-electron chi connectivity index (χ0n) is 18.0. The number of carbonyl (C=O) groups is 1. The van der Waals surface area contributed by atoms with Crippen LogP contribution in [-0.2, 0) is 0 Å². The van der Waals surface area contributed by atoms with Crippen LogP contribution in [-0.4, -0.2) is 12.6 Å². The quantitative estimate of drug-likeness (QED) is 0.149. The Hall–Kier alpha value is -3.98. The van der Waals surface area contributed by atoms with Crippen molar-refractivity contribution in [2.75, 3.05) is 6.61 Å². The Morgan fingerprint density at radius 2 is 1.56 bits per heavy atom. The summed E-state index contributed by atoms with van der Waals surface area (Å²) in [5.74, 6) is 0.642. The van der Waals surface area contributed by atoms with Gasteiger partial charge in [0, 0.05) is 0 Å². The topological polar surface area (TPSA) is 84.0 Å². The van der Waals surface area contributed by atoms with Crippen molar-refractivity contribution in [3.63, 3.8) is 0 Å². The third kappa shape index (κ3) is 7.06. The highest BCUT2D eigenvalue weighted by Crippen LogP contribution is 2.22. The van der Waals surface area contributed by atoms with Gasteiger partial charge in [-0.05, 0) is 73.2 Å². The van der Waals surface area contributed by atoms with Gasteiger partial charge in [-0.2, -0.15) is 15.5 Å². The minimum Gasteiger partial charge on any atom is -0.494 e. The lowest BCUT2D eigenvalue weighted by molar-refractivity contribution is 0.0735. The molecule has 0 fully saturated rings. The summed E-state index contributed by atoms with van der Waals surface area (Å²) in [7, 11) is 0. The molecule has 0 radical (unpaired) electrons. The molecule has 3 aromatic carbocycles. The molecule has 0 saturated carbocycles. The number of unbranched alkanes of at least 4 members (excludes halogenated alkanes) is 3. The van der Waals surface area contributed by atoms with Crippen molar-refractivity contribution < 1.29 is 14.3 Å².